The van der Waals surface area contributed by atoms with Crippen LogP contribution in [0.2, 0.25) is 0 Å². The molecule has 0 nitrogen and oxygen atoms in total. The van der Waals surface area contributed by atoms with Crippen LogP contribution in [-0.4, -0.2) is 0 Å². The van der Waals surface area contributed by atoms with Crippen LogP contribution in [0.5, 0.6) is 0 Å². The molecule has 0 aromatic heterocycles. The molecule has 2 aliphatic rings. The molecule has 78 valence electrons. The number of benzene rings is 1. The number of fused-ring (bicyclic) bond motifs is 1. The lowest BCUT2D eigenvalue weighted by Gasteiger charge is -2.22. The van der Waals surface area contributed by atoms with Gasteiger partial charge in [0.25, 0.3) is 0 Å². The van der Waals surface area contributed by atoms with E-state index in [1.165, 1.54) is 38.5 Å². The second-order valence-electron chi connectivity index (χ2n) is 4.87. The maximum Gasteiger partial charge on any atom is -0.0162 e. The third kappa shape index (κ3) is 1.82. The van der Waals surface area contributed by atoms with E-state index in [4.69, 9.17) is 0 Å². The minimum absolute atomic E-state index is 0.834. The Balaban J connectivity index is 1.85. The molecule has 0 amide bonds. The lowest BCUT2D eigenvalue weighted by Crippen LogP contribution is -2.05. The topological polar surface area (TPSA) is 0 Å². The molecule has 2 radical (unpaired) electrons. The second-order valence-corrected chi connectivity index (χ2v) is 4.87. The first-order valence-electron chi connectivity index (χ1n) is 6.18. The fourth-order valence-corrected chi connectivity index (χ4v) is 2.93. The van der Waals surface area contributed by atoms with Crippen molar-refractivity contribution in [1.29, 1.82) is 0 Å². The molecule has 2 aliphatic carbocycles. The highest BCUT2D eigenvalue weighted by Gasteiger charge is 2.18. The standard InChI is InChI=1S/C15H18/c1-2-5-12(6-3-1)15-10-9-13-7-4-8-14(13)11-15/h1,4,9-12H,2-3,5-8H2. The minimum atomic E-state index is 0.834. The number of hydrogen-bond acceptors (Lipinski definition) is 0. The molecule has 0 heterocycles. The van der Waals surface area contributed by atoms with Crippen molar-refractivity contribution in [3.05, 3.63) is 47.7 Å². The van der Waals surface area contributed by atoms with Crippen LogP contribution in [0.25, 0.3) is 0 Å². The highest BCUT2D eigenvalue weighted by molar-refractivity contribution is 5.39. The van der Waals surface area contributed by atoms with E-state index in [0.29, 0.717) is 0 Å². The molecule has 0 atom stereocenters. The Morgan fingerprint density at radius 2 is 1.67 bits per heavy atom. The highest BCUT2D eigenvalue weighted by Crippen LogP contribution is 2.34. The van der Waals surface area contributed by atoms with Gasteiger partial charge in [-0.2, -0.15) is 0 Å². The maximum atomic E-state index is 2.47. The zero-order valence-corrected chi connectivity index (χ0v) is 9.21. The number of hydrogen-bond donors (Lipinski definition) is 0. The van der Waals surface area contributed by atoms with Crippen LogP contribution in [0.15, 0.2) is 18.2 Å². The molecular weight excluding hydrogens is 180 g/mol. The van der Waals surface area contributed by atoms with Gasteiger partial charge in [0, 0.05) is 0 Å². The van der Waals surface area contributed by atoms with Crippen molar-refractivity contribution in [2.24, 2.45) is 0 Å². The van der Waals surface area contributed by atoms with Gasteiger partial charge in [0.05, 0.1) is 0 Å². The third-order valence-electron chi connectivity index (χ3n) is 3.87. The monoisotopic (exact) mass is 198 g/mol. The van der Waals surface area contributed by atoms with E-state index in [-0.39, 0.29) is 0 Å². The Morgan fingerprint density at radius 3 is 2.53 bits per heavy atom. The van der Waals surface area contributed by atoms with Crippen LogP contribution in [0, 0.1) is 12.8 Å². The van der Waals surface area contributed by atoms with Crippen molar-refractivity contribution in [3.8, 4) is 0 Å². The molecule has 1 aromatic carbocycles. The summed E-state index contributed by atoms with van der Waals surface area (Å²) >= 11 is 0. The van der Waals surface area contributed by atoms with Gasteiger partial charge in [0.15, 0.2) is 0 Å². The van der Waals surface area contributed by atoms with E-state index in [0.717, 1.165) is 5.92 Å². The van der Waals surface area contributed by atoms with Crippen molar-refractivity contribution in [1.82, 2.24) is 0 Å². The predicted molar refractivity (Wildman–Crippen MR) is 63.7 cm³/mol. The van der Waals surface area contributed by atoms with Crippen LogP contribution < -0.4 is 0 Å². The van der Waals surface area contributed by atoms with E-state index in [1.807, 2.05) is 0 Å². The summed E-state index contributed by atoms with van der Waals surface area (Å²) in [5, 5.41) is 0. The smallest absolute Gasteiger partial charge is 0.0162 e. The summed E-state index contributed by atoms with van der Waals surface area (Å²) in [6.45, 7) is 0. The molecule has 0 N–H and O–H groups in total. The molecule has 0 unspecified atom stereocenters. The first-order chi connectivity index (χ1) is 7.43. The normalized spacial score (nSPS) is 21.6. The zero-order valence-electron chi connectivity index (χ0n) is 9.21. The van der Waals surface area contributed by atoms with Gasteiger partial charge in [-0.05, 0) is 74.0 Å². The summed E-state index contributed by atoms with van der Waals surface area (Å²) in [6.07, 6.45) is 12.6. The summed E-state index contributed by atoms with van der Waals surface area (Å²) in [7, 11) is 0. The summed E-state index contributed by atoms with van der Waals surface area (Å²) in [5.41, 5.74) is 4.74. The number of rotatable bonds is 1. The van der Waals surface area contributed by atoms with Crippen molar-refractivity contribution in [3.63, 3.8) is 0 Å². The molecule has 0 heteroatoms. The fourth-order valence-electron chi connectivity index (χ4n) is 2.93. The molecule has 15 heavy (non-hydrogen) atoms. The largest absolute Gasteiger partial charge is 0.0585 e. The molecule has 0 aliphatic heterocycles. The molecule has 3 rings (SSSR count). The van der Waals surface area contributed by atoms with Crippen molar-refractivity contribution in [2.75, 3.05) is 0 Å². The molecule has 0 bridgehead atoms. The van der Waals surface area contributed by atoms with Crippen LogP contribution in [-0.2, 0) is 12.8 Å². The maximum absolute atomic E-state index is 2.47. The van der Waals surface area contributed by atoms with E-state index >= 15 is 0 Å². The SMILES string of the molecule is [CH]1CCC(c2ccc3c(c2)C[CH]C3)CC1. The van der Waals surface area contributed by atoms with E-state index < -0.39 is 0 Å². The van der Waals surface area contributed by atoms with Gasteiger partial charge in [-0.15, -0.1) is 0 Å². The average molecular weight is 198 g/mol. The van der Waals surface area contributed by atoms with Gasteiger partial charge in [0.2, 0.25) is 0 Å². The van der Waals surface area contributed by atoms with E-state index in [2.05, 4.69) is 31.0 Å². The Hall–Kier alpha value is -0.780. The average Bonchev–Trinajstić information content (AvgIpc) is 2.77. The van der Waals surface area contributed by atoms with Gasteiger partial charge < -0.3 is 0 Å². The Bertz CT molecular complexity index is 345. The first kappa shape index (κ1) is 9.45. The first-order valence-corrected chi connectivity index (χ1v) is 6.18. The van der Waals surface area contributed by atoms with Gasteiger partial charge in [0.1, 0.15) is 0 Å². The zero-order chi connectivity index (χ0) is 10.1. The van der Waals surface area contributed by atoms with Crippen LogP contribution in [0.3, 0.4) is 0 Å². The lowest BCUT2D eigenvalue weighted by atomic mass is 9.83. The van der Waals surface area contributed by atoms with Gasteiger partial charge in [-0.1, -0.05) is 18.2 Å². The molecule has 0 spiro atoms. The van der Waals surface area contributed by atoms with E-state index in [1.54, 1.807) is 16.7 Å². The van der Waals surface area contributed by atoms with Crippen molar-refractivity contribution >= 4 is 0 Å². The molecule has 1 fully saturated rings. The summed E-state index contributed by atoms with van der Waals surface area (Å²) < 4.78 is 0. The van der Waals surface area contributed by atoms with Gasteiger partial charge >= 0.3 is 0 Å². The molecular formula is C15H18. The lowest BCUT2D eigenvalue weighted by molar-refractivity contribution is 0.511. The van der Waals surface area contributed by atoms with Gasteiger partial charge in [-0.25, -0.2) is 0 Å². The molecule has 0 saturated heterocycles. The van der Waals surface area contributed by atoms with Crippen LogP contribution >= 0.6 is 0 Å². The predicted octanol–water partition coefficient (Wildman–Crippen LogP) is 3.85. The van der Waals surface area contributed by atoms with E-state index in [9.17, 15) is 0 Å². The minimum Gasteiger partial charge on any atom is -0.0585 e. The van der Waals surface area contributed by atoms with Crippen LogP contribution in [0.1, 0.15) is 48.3 Å². The summed E-state index contributed by atoms with van der Waals surface area (Å²) in [5.74, 6) is 0.834. The quantitative estimate of drug-likeness (QED) is 0.643. The Labute approximate surface area is 92.7 Å². The Morgan fingerprint density at radius 1 is 0.867 bits per heavy atom. The fraction of sp³-hybridized carbons (Fsp3) is 0.467. The summed E-state index contributed by atoms with van der Waals surface area (Å²) in [4.78, 5) is 0. The van der Waals surface area contributed by atoms with Gasteiger partial charge in [-0.3, -0.25) is 0 Å². The Kier molecular flexibility index (Phi) is 2.52. The van der Waals surface area contributed by atoms with Crippen molar-refractivity contribution < 1.29 is 0 Å². The van der Waals surface area contributed by atoms with Crippen molar-refractivity contribution in [2.45, 2.75) is 44.4 Å². The molecule has 1 aromatic rings. The molecule has 1 saturated carbocycles. The summed E-state index contributed by atoms with van der Waals surface area (Å²) in [6, 6.07) is 7.19. The van der Waals surface area contributed by atoms with Crippen LogP contribution in [0.4, 0.5) is 0 Å². The second kappa shape index (κ2) is 4.00. The third-order valence-corrected chi connectivity index (χ3v) is 3.87. The highest BCUT2D eigenvalue weighted by atomic mass is 14.2.